The number of hydrogen-bond donors (Lipinski definition) is 7. The van der Waals surface area contributed by atoms with E-state index >= 15 is 0 Å². The lowest BCUT2D eigenvalue weighted by Gasteiger charge is -2.23. The lowest BCUT2D eigenvalue weighted by atomic mass is 9.93. The second-order valence-electron chi connectivity index (χ2n) is 13.2. The number of unbranched alkanes of at least 4 members (excludes halogenated alkanes) is 1. The second kappa shape index (κ2) is 16.9. The number of urea groups is 1. The van der Waals surface area contributed by atoms with Crippen LogP contribution in [0.15, 0.2) is 60.9 Å². The molecule has 7 N–H and O–H groups in total. The highest BCUT2D eigenvalue weighted by molar-refractivity contribution is 6.31. The first kappa shape index (κ1) is 36.0. The maximum Gasteiger partial charge on any atom is 0.314 e. The van der Waals surface area contributed by atoms with Crippen LogP contribution in [0.4, 0.5) is 4.79 Å². The van der Waals surface area contributed by atoms with E-state index in [-0.39, 0.29) is 25.1 Å². The van der Waals surface area contributed by atoms with Crippen molar-refractivity contribution in [1.82, 2.24) is 20.9 Å². The molecule has 2 aliphatic carbocycles. The van der Waals surface area contributed by atoms with E-state index in [1.54, 1.807) is 0 Å². The highest BCUT2D eigenvalue weighted by atomic mass is 35.5. The average Bonchev–Trinajstić information content (AvgIpc) is 4.04. The number of carbonyl (C=O) groups excluding carboxylic acids is 1. The molecule has 0 radical (unpaired) electrons. The van der Waals surface area contributed by atoms with Gasteiger partial charge in [-0.15, -0.1) is 0 Å². The van der Waals surface area contributed by atoms with Crippen molar-refractivity contribution in [3.63, 3.8) is 0 Å². The molecule has 10 nitrogen and oxygen atoms in total. The normalized spacial score (nSPS) is 17.6. The fourth-order valence-corrected chi connectivity index (χ4v) is 6.20. The largest absolute Gasteiger partial charge is 0.490 e. The Balaban J connectivity index is 1.10. The van der Waals surface area contributed by atoms with Crippen LogP contribution in [0, 0.1) is 0 Å². The number of nitrogens with one attached hydrogen (secondary N) is 3. The zero-order valence-corrected chi connectivity index (χ0v) is 28.3. The third-order valence-electron chi connectivity index (χ3n) is 9.37. The van der Waals surface area contributed by atoms with Gasteiger partial charge in [0.1, 0.15) is 11.9 Å². The van der Waals surface area contributed by atoms with Gasteiger partial charge in [-0.25, -0.2) is 4.79 Å². The van der Waals surface area contributed by atoms with Crippen LogP contribution in [-0.4, -0.2) is 75.6 Å². The van der Waals surface area contributed by atoms with Crippen LogP contribution in [0.3, 0.4) is 0 Å². The van der Waals surface area contributed by atoms with Crippen molar-refractivity contribution >= 4 is 17.6 Å². The van der Waals surface area contributed by atoms with Crippen molar-refractivity contribution in [3.8, 4) is 16.9 Å². The third-order valence-corrected chi connectivity index (χ3v) is 9.74. The summed E-state index contributed by atoms with van der Waals surface area (Å²) in [7, 11) is 0. The highest BCUT2D eigenvalue weighted by Gasteiger charge is 2.46. The molecule has 1 unspecified atom stereocenters. The van der Waals surface area contributed by atoms with Crippen LogP contribution in [0.1, 0.15) is 80.9 Å². The second-order valence-corrected chi connectivity index (χ2v) is 13.6. The van der Waals surface area contributed by atoms with Crippen molar-refractivity contribution in [3.05, 3.63) is 82.6 Å². The van der Waals surface area contributed by atoms with Crippen molar-refractivity contribution in [2.75, 3.05) is 19.7 Å². The fourth-order valence-electron chi connectivity index (χ4n) is 6.02. The van der Waals surface area contributed by atoms with Gasteiger partial charge >= 0.3 is 6.03 Å². The Morgan fingerprint density at radius 1 is 1.02 bits per heavy atom. The predicted molar refractivity (Wildman–Crippen MR) is 186 cm³/mol. The van der Waals surface area contributed by atoms with Gasteiger partial charge < -0.3 is 41.1 Å². The number of nitrogens with zero attached hydrogens (tertiary/aromatic N) is 1. The summed E-state index contributed by atoms with van der Waals surface area (Å²) in [6.45, 7) is 2.78. The molecule has 0 saturated heterocycles. The molecule has 2 fully saturated rings. The monoisotopic (exact) mass is 680 g/mol. The Kier molecular flexibility index (Phi) is 12.7. The number of aliphatic hydroxyl groups is 4. The van der Waals surface area contributed by atoms with E-state index in [1.807, 2.05) is 24.5 Å². The number of amides is 2. The standard InChI is InChI=1S/C37H49ClN4O6/c1-24(6-4-5-17-40-36(47)41-23-33(45)35(46)32(44)14-19-43)25-9-12-31(38)26(20-25)21-42-37(15-16-37)30-22-39-18-13-28(30)29-7-2-3-8-34(29)48-27-10-11-27/h2-3,7-9,12-13,18,20,22,24,27,32-33,35,42-46H,4-6,10-11,14-17,19,21,23H2,1H3,(H2,40,41,47)/t24?,32-,33+,35+/m1/s1. The molecular weight excluding hydrogens is 632 g/mol. The minimum absolute atomic E-state index is 0.0582. The van der Waals surface area contributed by atoms with Crippen molar-refractivity contribution in [2.45, 2.75) is 101 Å². The molecule has 2 aliphatic rings. The number of ether oxygens (including phenoxy) is 1. The lowest BCUT2D eigenvalue weighted by molar-refractivity contribution is -0.0634. The molecule has 1 aromatic heterocycles. The van der Waals surface area contributed by atoms with E-state index in [1.165, 1.54) is 11.1 Å². The maximum atomic E-state index is 12.1. The van der Waals surface area contributed by atoms with Crippen LogP contribution in [0.2, 0.25) is 5.02 Å². The fraction of sp³-hybridized carbons (Fsp3) is 0.514. The summed E-state index contributed by atoms with van der Waals surface area (Å²) in [6, 6.07) is 16.2. The van der Waals surface area contributed by atoms with Gasteiger partial charge in [-0.3, -0.25) is 4.98 Å². The zero-order valence-electron chi connectivity index (χ0n) is 27.6. The molecule has 0 bridgehead atoms. The number of hydrogen-bond acceptors (Lipinski definition) is 8. The first-order chi connectivity index (χ1) is 23.2. The molecule has 2 amide bonds. The van der Waals surface area contributed by atoms with E-state index in [2.05, 4.69) is 64.3 Å². The predicted octanol–water partition coefficient (Wildman–Crippen LogP) is 4.76. The molecule has 1 heterocycles. The summed E-state index contributed by atoms with van der Waals surface area (Å²) < 4.78 is 6.26. The minimum atomic E-state index is -1.45. The molecule has 2 aromatic carbocycles. The van der Waals surface area contributed by atoms with Gasteiger partial charge in [-0.2, -0.15) is 0 Å². The Morgan fingerprint density at radius 3 is 2.56 bits per heavy atom. The van der Waals surface area contributed by atoms with Gasteiger partial charge in [-0.1, -0.05) is 55.3 Å². The number of aliphatic hydroxyl groups excluding tert-OH is 4. The van der Waals surface area contributed by atoms with Crippen molar-refractivity contribution < 1.29 is 30.0 Å². The number of rotatable bonds is 19. The van der Waals surface area contributed by atoms with Gasteiger partial charge in [0.2, 0.25) is 0 Å². The topological polar surface area (TPSA) is 156 Å². The number of benzene rings is 2. The van der Waals surface area contributed by atoms with E-state index in [4.69, 9.17) is 21.4 Å². The molecule has 0 spiro atoms. The van der Waals surface area contributed by atoms with E-state index < -0.39 is 24.3 Å². The molecule has 260 valence electrons. The molecule has 2 saturated carbocycles. The summed E-state index contributed by atoms with van der Waals surface area (Å²) >= 11 is 6.70. The summed E-state index contributed by atoms with van der Waals surface area (Å²) in [6.07, 6.45) is 6.94. The SMILES string of the molecule is CC(CCCCNC(=O)NC[C@H](O)[C@@H](O)[C@H](O)CCO)c1ccc(Cl)c(CNC2(c3cnccc3-c3ccccc3OC3CC3)CC2)c1. The molecule has 48 heavy (non-hydrogen) atoms. The molecular formula is C37H49ClN4O6. The van der Waals surface area contributed by atoms with E-state index in [0.717, 1.165) is 72.4 Å². The summed E-state index contributed by atoms with van der Waals surface area (Å²) in [5.41, 5.74) is 5.55. The van der Waals surface area contributed by atoms with Gasteiger partial charge in [0, 0.05) is 54.8 Å². The van der Waals surface area contributed by atoms with Gasteiger partial charge in [0.05, 0.1) is 18.3 Å². The lowest BCUT2D eigenvalue weighted by Crippen LogP contribution is -2.47. The van der Waals surface area contributed by atoms with Crippen LogP contribution >= 0.6 is 11.6 Å². The van der Waals surface area contributed by atoms with Gasteiger partial charge in [0.25, 0.3) is 0 Å². The molecule has 11 heteroatoms. The molecule has 4 atom stereocenters. The first-order valence-electron chi connectivity index (χ1n) is 17.1. The van der Waals surface area contributed by atoms with E-state index in [9.17, 15) is 20.1 Å². The maximum absolute atomic E-state index is 12.1. The van der Waals surface area contributed by atoms with Crippen LogP contribution < -0.4 is 20.7 Å². The minimum Gasteiger partial charge on any atom is -0.490 e. The summed E-state index contributed by atoms with van der Waals surface area (Å²) in [5.74, 6) is 1.23. The Labute approximate surface area is 287 Å². The smallest absolute Gasteiger partial charge is 0.314 e. The Bertz CT molecular complexity index is 1500. The van der Waals surface area contributed by atoms with Crippen LogP contribution in [0.5, 0.6) is 5.75 Å². The van der Waals surface area contributed by atoms with Crippen LogP contribution in [0.25, 0.3) is 11.1 Å². The Hall–Kier alpha value is -3.25. The summed E-state index contributed by atoms with van der Waals surface area (Å²) in [4.78, 5) is 16.6. The number of halogens is 1. The van der Waals surface area contributed by atoms with Crippen molar-refractivity contribution in [1.29, 1.82) is 0 Å². The average molecular weight is 681 g/mol. The summed E-state index contributed by atoms with van der Waals surface area (Å²) in [5, 5.41) is 48.1. The Morgan fingerprint density at radius 2 is 1.81 bits per heavy atom. The van der Waals surface area contributed by atoms with Crippen molar-refractivity contribution in [2.24, 2.45) is 0 Å². The molecule has 3 aromatic rings. The number of pyridine rings is 1. The van der Waals surface area contributed by atoms with Gasteiger partial charge in [-0.05, 0) is 91.3 Å². The molecule has 5 rings (SSSR count). The zero-order chi connectivity index (χ0) is 34.1. The van der Waals surface area contributed by atoms with Crippen LogP contribution in [-0.2, 0) is 12.1 Å². The number of carbonyl (C=O) groups is 1. The number of aromatic nitrogens is 1. The quantitative estimate of drug-likeness (QED) is 0.0894. The molecule has 0 aliphatic heterocycles. The third kappa shape index (κ3) is 9.68. The van der Waals surface area contributed by atoms with Gasteiger partial charge in [0.15, 0.2) is 0 Å². The van der Waals surface area contributed by atoms with E-state index in [0.29, 0.717) is 25.1 Å². The first-order valence-corrected chi connectivity index (χ1v) is 17.5. The highest BCUT2D eigenvalue weighted by Crippen LogP contribution is 2.50. The number of para-hydroxylation sites is 1.